The van der Waals surface area contributed by atoms with Gasteiger partial charge in [0.1, 0.15) is 17.3 Å². The molecular weight excluding hydrogens is 84.1 g/mol. The Morgan fingerprint density at radius 3 is 2.40 bits per heavy atom. The Bertz CT molecular complexity index is 15.1. The van der Waals surface area contributed by atoms with Crippen molar-refractivity contribution < 1.29 is 9.16 Å². The van der Waals surface area contributed by atoms with Crippen molar-refractivity contribution in [3.63, 3.8) is 0 Å². The Balaban J connectivity index is 2.19. The summed E-state index contributed by atoms with van der Waals surface area (Å²) in [6.45, 7) is 0.451. The van der Waals surface area contributed by atoms with Crippen molar-refractivity contribution in [1.82, 2.24) is 0 Å². The maximum atomic E-state index is 4.61. The summed E-state index contributed by atoms with van der Waals surface area (Å²) in [5, 5.41) is 0. The van der Waals surface area contributed by atoms with E-state index in [-0.39, 0.29) is 0 Å². The molecule has 0 aromatic rings. The number of hydrogen-bond acceptors (Lipinski definition) is 2. The van der Waals surface area contributed by atoms with E-state index in [0.29, 0.717) is 6.79 Å². The first kappa shape index (κ1) is 5.14. The van der Waals surface area contributed by atoms with Gasteiger partial charge in [0.25, 0.3) is 0 Å². The quantitative estimate of drug-likeness (QED) is 0.317. The molecule has 32 valence electrons. The van der Waals surface area contributed by atoms with Crippen LogP contribution in [0.1, 0.15) is 0 Å². The smallest absolute Gasteiger partial charge is 0.149 e. The first-order valence-corrected chi connectivity index (χ1v) is 2.21. The van der Waals surface area contributed by atoms with Crippen LogP contribution in [-0.2, 0) is 9.16 Å². The molecular formula is C2H8O2Si. The molecule has 0 fully saturated rings. The van der Waals surface area contributed by atoms with Crippen LogP contribution >= 0.6 is 0 Å². The Morgan fingerprint density at radius 2 is 2.40 bits per heavy atom. The zero-order valence-corrected chi connectivity index (χ0v) is 5.52. The normalized spacial score (nSPS) is 9.00. The van der Waals surface area contributed by atoms with Crippen molar-refractivity contribution in [3.8, 4) is 0 Å². The lowest BCUT2D eigenvalue weighted by molar-refractivity contribution is 0.0579. The maximum Gasteiger partial charge on any atom is 0.149 e. The van der Waals surface area contributed by atoms with Gasteiger partial charge in [-0.3, -0.25) is 0 Å². The lowest BCUT2D eigenvalue weighted by atomic mass is 11.4. The summed E-state index contributed by atoms with van der Waals surface area (Å²) in [7, 11) is 2.38. The molecule has 0 unspecified atom stereocenters. The number of hydrogen-bond donors (Lipinski definition) is 0. The lowest BCUT2D eigenvalue weighted by Crippen LogP contribution is -1.89. The van der Waals surface area contributed by atoms with Crippen LogP contribution < -0.4 is 0 Å². The van der Waals surface area contributed by atoms with Gasteiger partial charge in [-0.25, -0.2) is 0 Å². The molecule has 0 aliphatic carbocycles. The molecule has 0 radical (unpaired) electrons. The third kappa shape index (κ3) is 4.14. The molecule has 0 amide bonds. The highest BCUT2D eigenvalue weighted by Gasteiger charge is 1.62. The second kappa shape index (κ2) is 4.14. The highest BCUT2D eigenvalue weighted by molar-refractivity contribution is 5.97. The molecule has 0 atom stereocenters. The molecule has 0 aromatic heterocycles. The summed E-state index contributed by atoms with van der Waals surface area (Å²) in [5.74, 6) is 0. The van der Waals surface area contributed by atoms with E-state index < -0.39 is 0 Å². The zero-order valence-electron chi connectivity index (χ0n) is 3.52. The molecule has 0 bridgehead atoms. The standard InChI is InChI=1S/C2H8O2Si/c1-3-2-4-5/h2H2,1,5H3. The zero-order chi connectivity index (χ0) is 4.12. The van der Waals surface area contributed by atoms with Crippen LogP contribution in [-0.4, -0.2) is 24.4 Å². The molecule has 5 heavy (non-hydrogen) atoms. The number of methoxy groups -OCH3 is 1. The van der Waals surface area contributed by atoms with Crippen LogP contribution in [0.25, 0.3) is 0 Å². The van der Waals surface area contributed by atoms with Crippen LogP contribution in [0, 0.1) is 0 Å². The first-order chi connectivity index (χ1) is 2.41. The van der Waals surface area contributed by atoms with Crippen LogP contribution in [0.15, 0.2) is 0 Å². The highest BCUT2D eigenvalue weighted by Crippen LogP contribution is 1.59. The van der Waals surface area contributed by atoms with Crippen molar-refractivity contribution in [1.29, 1.82) is 0 Å². The summed E-state index contributed by atoms with van der Waals surface area (Å²) in [6.07, 6.45) is 0. The third-order valence-electron chi connectivity index (χ3n) is 0.236. The topological polar surface area (TPSA) is 18.5 Å². The number of rotatable bonds is 2. The maximum absolute atomic E-state index is 4.61. The van der Waals surface area contributed by atoms with E-state index in [1.54, 1.807) is 7.11 Å². The van der Waals surface area contributed by atoms with Gasteiger partial charge in [-0.1, -0.05) is 0 Å². The molecule has 0 saturated carbocycles. The van der Waals surface area contributed by atoms with Crippen molar-refractivity contribution in [2.45, 2.75) is 0 Å². The van der Waals surface area contributed by atoms with E-state index in [2.05, 4.69) is 9.16 Å². The lowest BCUT2D eigenvalue weighted by Gasteiger charge is -1.88. The minimum absolute atomic E-state index is 0.451. The average Bonchev–Trinajstić information content (AvgIpc) is 1.41. The fourth-order valence-electron chi connectivity index (χ4n) is 0.118. The van der Waals surface area contributed by atoms with E-state index in [4.69, 9.17) is 0 Å². The van der Waals surface area contributed by atoms with Gasteiger partial charge in [0, 0.05) is 7.11 Å². The fraction of sp³-hybridized carbons (Fsp3) is 1.00. The summed E-state index contributed by atoms with van der Waals surface area (Å²) in [6, 6.07) is 0. The van der Waals surface area contributed by atoms with Crippen LogP contribution in [0.3, 0.4) is 0 Å². The van der Waals surface area contributed by atoms with Gasteiger partial charge >= 0.3 is 0 Å². The largest absolute Gasteiger partial charge is 0.406 e. The molecule has 3 heteroatoms. The van der Waals surface area contributed by atoms with E-state index in [0.717, 1.165) is 10.5 Å². The molecule has 0 aliphatic rings. The van der Waals surface area contributed by atoms with Gasteiger partial charge in [0.05, 0.1) is 0 Å². The van der Waals surface area contributed by atoms with Gasteiger partial charge in [-0.05, 0) is 0 Å². The van der Waals surface area contributed by atoms with E-state index in [1.807, 2.05) is 0 Å². The van der Waals surface area contributed by atoms with Gasteiger partial charge in [0.15, 0.2) is 0 Å². The fourth-order valence-corrected chi connectivity index (χ4v) is 0.354. The van der Waals surface area contributed by atoms with Crippen LogP contribution in [0.2, 0.25) is 0 Å². The minimum atomic E-state index is 0.451. The van der Waals surface area contributed by atoms with E-state index in [1.165, 1.54) is 0 Å². The summed E-state index contributed by atoms with van der Waals surface area (Å²) < 4.78 is 9.11. The van der Waals surface area contributed by atoms with Gasteiger partial charge in [0.2, 0.25) is 0 Å². The SMILES string of the molecule is COCO[SiH3]. The van der Waals surface area contributed by atoms with Gasteiger partial charge in [-0.15, -0.1) is 0 Å². The van der Waals surface area contributed by atoms with E-state index >= 15 is 0 Å². The summed E-state index contributed by atoms with van der Waals surface area (Å²) in [5.41, 5.74) is 0. The minimum Gasteiger partial charge on any atom is -0.406 e. The van der Waals surface area contributed by atoms with Crippen LogP contribution in [0.5, 0.6) is 0 Å². The molecule has 0 saturated heterocycles. The second-order valence-electron chi connectivity index (χ2n) is 0.695. The predicted octanol–water partition coefficient (Wildman–Crippen LogP) is -1.11. The molecule has 0 aromatic carbocycles. The van der Waals surface area contributed by atoms with Crippen molar-refractivity contribution in [2.24, 2.45) is 0 Å². The molecule has 0 spiro atoms. The monoisotopic (exact) mass is 92.0 g/mol. The molecule has 0 heterocycles. The Kier molecular flexibility index (Phi) is 4.25. The van der Waals surface area contributed by atoms with Crippen LogP contribution in [0.4, 0.5) is 0 Å². The van der Waals surface area contributed by atoms with Gasteiger partial charge < -0.3 is 9.16 Å². The predicted molar refractivity (Wildman–Crippen MR) is 22.9 cm³/mol. The molecule has 0 rings (SSSR count). The Morgan fingerprint density at radius 1 is 1.80 bits per heavy atom. The van der Waals surface area contributed by atoms with E-state index in [9.17, 15) is 0 Å². The average molecular weight is 92.2 g/mol. The first-order valence-electron chi connectivity index (χ1n) is 1.39. The molecule has 0 N–H and O–H groups in total. The van der Waals surface area contributed by atoms with Crippen molar-refractivity contribution in [3.05, 3.63) is 0 Å². The van der Waals surface area contributed by atoms with Crippen molar-refractivity contribution in [2.75, 3.05) is 13.9 Å². The van der Waals surface area contributed by atoms with Crippen molar-refractivity contribution >= 4 is 10.5 Å². The summed E-state index contributed by atoms with van der Waals surface area (Å²) in [4.78, 5) is 0. The molecule has 0 aliphatic heterocycles. The molecule has 2 nitrogen and oxygen atoms in total. The summed E-state index contributed by atoms with van der Waals surface area (Å²) >= 11 is 0. The third-order valence-corrected chi connectivity index (χ3v) is 0.471. The highest BCUT2D eigenvalue weighted by atomic mass is 28.2. The van der Waals surface area contributed by atoms with Gasteiger partial charge in [-0.2, -0.15) is 0 Å². The Labute approximate surface area is 34.6 Å². The Hall–Kier alpha value is 0.137. The second-order valence-corrected chi connectivity index (χ2v) is 1.27. The number of ether oxygens (including phenoxy) is 1.